The van der Waals surface area contributed by atoms with E-state index >= 15 is 0 Å². The number of benzene rings is 4. The standard InChI is InChI=1S/C26H29N3O3.C25H28N4O3/c30-23-9-3-1-7-21(23)27-26(31)25-18-29(22-8-2-4-10-24(22)32-25)17-19-11-13-20(14-12-19)28-15-5-6-16-28;30-22-7-3-1-5-20(22)27-25(31)24-16-29(21-6-2-4-8-23(21)32-24)15-18-9-11-19(12-10-18)28-14-13-26-17-28/h2,4-6,8,10-16,21,23,25,30H,1,3,7,9,17-18H2,(H,27,31);2,4,6,8-14,17,20,22,24,30H,1,3,5,7,15-16H2,(H,27,31)/t21-,23-,25?;20-,22-,24?/m00/s1. The van der Waals surface area contributed by atoms with Crippen molar-refractivity contribution in [2.45, 2.75) is 101 Å². The number of imidazole rings is 1. The molecular weight excluding hydrogens is 807 g/mol. The predicted octanol–water partition coefficient (Wildman–Crippen LogP) is 6.72. The number of hydrogen-bond acceptors (Lipinski definition) is 9. The van der Waals surface area contributed by atoms with Crippen molar-refractivity contribution in [1.82, 2.24) is 24.8 Å². The summed E-state index contributed by atoms with van der Waals surface area (Å²) in [6.45, 7) is 2.27. The van der Waals surface area contributed by atoms with Crippen molar-refractivity contribution in [3.63, 3.8) is 0 Å². The van der Waals surface area contributed by atoms with Gasteiger partial charge in [0.2, 0.25) is 0 Å². The van der Waals surface area contributed by atoms with Gasteiger partial charge in [-0.2, -0.15) is 0 Å². The SMILES string of the molecule is O=C(N[C@H]1CCCC[C@@H]1O)C1CN(Cc2ccc(-n3cccc3)cc2)c2ccccc2O1.O=C(N[C@H]1CCCC[C@@H]1O)C1CN(Cc2ccc(-n3ccnc3)cc2)c2ccccc2O1. The number of aliphatic hydroxyl groups excluding tert-OH is 2. The molecule has 4 aliphatic rings. The van der Waals surface area contributed by atoms with Crippen LogP contribution in [0.15, 0.2) is 140 Å². The van der Waals surface area contributed by atoms with Crippen molar-refractivity contribution in [2.75, 3.05) is 22.9 Å². The first-order valence-corrected chi connectivity index (χ1v) is 22.6. The maximum atomic E-state index is 13.0. The van der Waals surface area contributed by atoms with Gasteiger partial charge in [0.05, 0.1) is 55.1 Å². The number of carbonyl (C=O) groups excluding carboxylic acids is 2. The minimum absolute atomic E-state index is 0.154. The maximum Gasteiger partial charge on any atom is 0.263 e. The number of rotatable bonds is 10. The Balaban J connectivity index is 0.000000162. The molecule has 0 bridgehead atoms. The van der Waals surface area contributed by atoms with Gasteiger partial charge in [-0.3, -0.25) is 9.59 Å². The first kappa shape index (κ1) is 42.7. The molecule has 4 aromatic carbocycles. The van der Waals surface area contributed by atoms with E-state index in [1.54, 1.807) is 12.5 Å². The van der Waals surface area contributed by atoms with E-state index in [1.807, 2.05) is 83.8 Å². The van der Waals surface area contributed by atoms with Crippen LogP contribution in [0.1, 0.15) is 62.5 Å². The van der Waals surface area contributed by atoms with Crippen molar-refractivity contribution in [2.24, 2.45) is 0 Å². The lowest BCUT2D eigenvalue weighted by molar-refractivity contribution is -0.130. The Kier molecular flexibility index (Phi) is 13.3. The Labute approximate surface area is 374 Å². The summed E-state index contributed by atoms with van der Waals surface area (Å²) >= 11 is 0. The second kappa shape index (κ2) is 19.9. The molecule has 2 aliphatic carbocycles. The fourth-order valence-electron chi connectivity index (χ4n) is 9.20. The molecule has 2 saturated carbocycles. The number of ether oxygens (including phenoxy) is 2. The lowest BCUT2D eigenvalue weighted by Gasteiger charge is -2.37. The Morgan fingerprint density at radius 3 is 1.47 bits per heavy atom. The number of nitrogens with one attached hydrogen (secondary N) is 2. The van der Waals surface area contributed by atoms with Crippen LogP contribution in [-0.4, -0.2) is 85.7 Å². The van der Waals surface area contributed by atoms with Crippen molar-refractivity contribution < 1.29 is 29.3 Å². The highest BCUT2D eigenvalue weighted by atomic mass is 16.5. The van der Waals surface area contributed by atoms with E-state index in [4.69, 9.17) is 9.47 Å². The number of hydrogen-bond donors (Lipinski definition) is 4. The molecule has 13 heteroatoms. The molecule has 6 aromatic rings. The number of aliphatic hydroxyl groups is 2. The van der Waals surface area contributed by atoms with Gasteiger partial charge in [0, 0.05) is 49.3 Å². The van der Waals surface area contributed by atoms with Crippen molar-refractivity contribution in [1.29, 1.82) is 0 Å². The van der Waals surface area contributed by atoms with Crippen LogP contribution >= 0.6 is 0 Å². The van der Waals surface area contributed by atoms with Crippen LogP contribution in [0.25, 0.3) is 11.4 Å². The first-order chi connectivity index (χ1) is 31.3. The zero-order chi connectivity index (χ0) is 43.8. The van der Waals surface area contributed by atoms with Crippen LogP contribution in [-0.2, 0) is 22.7 Å². The molecule has 64 heavy (non-hydrogen) atoms. The third-order valence-corrected chi connectivity index (χ3v) is 12.7. The zero-order valence-electron chi connectivity index (χ0n) is 36.0. The summed E-state index contributed by atoms with van der Waals surface area (Å²) in [5.41, 5.74) is 6.45. The number of para-hydroxylation sites is 4. The molecule has 0 saturated heterocycles. The molecule has 332 valence electrons. The van der Waals surface area contributed by atoms with Gasteiger partial charge < -0.3 is 49.3 Å². The lowest BCUT2D eigenvalue weighted by atomic mass is 9.92. The van der Waals surface area contributed by atoms with Gasteiger partial charge in [0.25, 0.3) is 11.8 Å². The lowest BCUT2D eigenvalue weighted by Crippen LogP contribution is -2.54. The summed E-state index contributed by atoms with van der Waals surface area (Å²) in [6, 6.07) is 36.1. The quantitative estimate of drug-likeness (QED) is 0.118. The molecule has 10 rings (SSSR count). The van der Waals surface area contributed by atoms with Gasteiger partial charge in [-0.25, -0.2) is 4.98 Å². The summed E-state index contributed by atoms with van der Waals surface area (Å²) in [4.78, 5) is 34.5. The summed E-state index contributed by atoms with van der Waals surface area (Å²) < 4.78 is 16.2. The molecule has 2 aromatic heterocycles. The van der Waals surface area contributed by atoms with Crippen LogP contribution in [0, 0.1) is 0 Å². The van der Waals surface area contributed by atoms with Crippen LogP contribution in [0.5, 0.6) is 11.5 Å². The average molecular weight is 864 g/mol. The van der Waals surface area contributed by atoms with Crippen molar-refractivity contribution in [3.8, 4) is 22.9 Å². The molecule has 2 unspecified atom stereocenters. The predicted molar refractivity (Wildman–Crippen MR) is 246 cm³/mol. The Hall–Kier alpha value is -6.57. The number of amides is 2. The van der Waals surface area contributed by atoms with Gasteiger partial charge >= 0.3 is 0 Å². The van der Waals surface area contributed by atoms with Gasteiger partial charge in [0.15, 0.2) is 12.2 Å². The minimum Gasteiger partial charge on any atom is -0.477 e. The molecule has 2 amide bonds. The fourth-order valence-corrected chi connectivity index (χ4v) is 9.20. The summed E-state index contributed by atoms with van der Waals surface area (Å²) in [6.07, 6.45) is 14.5. The van der Waals surface area contributed by atoms with Gasteiger partial charge in [-0.15, -0.1) is 0 Å². The molecule has 13 nitrogen and oxygen atoms in total. The topological polar surface area (TPSA) is 146 Å². The Bertz CT molecular complexity index is 2270. The van der Waals surface area contributed by atoms with E-state index in [-0.39, 0.29) is 23.9 Å². The smallest absolute Gasteiger partial charge is 0.263 e. The zero-order valence-corrected chi connectivity index (χ0v) is 36.0. The molecular formula is C51H57N7O6. The first-order valence-electron chi connectivity index (χ1n) is 22.6. The average Bonchev–Trinajstić information content (AvgIpc) is 4.08. The highest BCUT2D eigenvalue weighted by Gasteiger charge is 2.35. The normalized spacial score (nSPS) is 22.7. The van der Waals surface area contributed by atoms with Crippen LogP contribution < -0.4 is 29.9 Å². The van der Waals surface area contributed by atoms with E-state index in [2.05, 4.69) is 78.5 Å². The van der Waals surface area contributed by atoms with Crippen molar-refractivity contribution >= 4 is 23.2 Å². The second-order valence-electron chi connectivity index (χ2n) is 17.2. The monoisotopic (exact) mass is 863 g/mol. The van der Waals surface area contributed by atoms with Crippen LogP contribution in [0.2, 0.25) is 0 Å². The third-order valence-electron chi connectivity index (χ3n) is 12.7. The minimum atomic E-state index is -0.621. The summed E-state index contributed by atoms with van der Waals surface area (Å²) in [5.74, 6) is 1.11. The van der Waals surface area contributed by atoms with Crippen LogP contribution in [0.3, 0.4) is 0 Å². The number of nitrogens with zero attached hydrogens (tertiary/aromatic N) is 5. The summed E-state index contributed by atoms with van der Waals surface area (Å²) in [7, 11) is 0. The van der Waals surface area contributed by atoms with E-state index in [1.165, 1.54) is 5.56 Å². The molecule has 2 aliphatic heterocycles. The molecule has 4 heterocycles. The van der Waals surface area contributed by atoms with E-state index in [9.17, 15) is 19.8 Å². The number of anilines is 2. The van der Waals surface area contributed by atoms with Gasteiger partial charge in [-0.1, -0.05) is 74.2 Å². The van der Waals surface area contributed by atoms with Gasteiger partial charge in [0.1, 0.15) is 11.5 Å². The highest BCUT2D eigenvalue weighted by Crippen LogP contribution is 2.36. The molecule has 6 atom stereocenters. The molecule has 0 radical (unpaired) electrons. The molecule has 0 spiro atoms. The van der Waals surface area contributed by atoms with Crippen LogP contribution in [0.4, 0.5) is 11.4 Å². The van der Waals surface area contributed by atoms with Gasteiger partial charge in [-0.05, 0) is 97.5 Å². The molecule has 2 fully saturated rings. The number of aromatic nitrogens is 3. The molecule has 4 N–H and O–H groups in total. The van der Waals surface area contributed by atoms with E-state index in [0.29, 0.717) is 37.7 Å². The highest BCUT2D eigenvalue weighted by molar-refractivity contribution is 5.84. The maximum absolute atomic E-state index is 13.0. The third kappa shape index (κ3) is 10.1. The Morgan fingerprint density at radius 2 is 1.02 bits per heavy atom. The van der Waals surface area contributed by atoms with E-state index < -0.39 is 24.4 Å². The fraction of sp³-hybridized carbons (Fsp3) is 0.353. The second-order valence-corrected chi connectivity index (χ2v) is 17.2. The Morgan fingerprint density at radius 1 is 0.562 bits per heavy atom. The summed E-state index contributed by atoms with van der Waals surface area (Å²) in [5, 5.41) is 26.5. The van der Waals surface area contributed by atoms with Crippen molar-refractivity contribution in [3.05, 3.63) is 151 Å². The number of fused-ring (bicyclic) bond motifs is 2. The number of carbonyl (C=O) groups is 2. The van der Waals surface area contributed by atoms with E-state index in [0.717, 1.165) is 79.7 Å². The largest absolute Gasteiger partial charge is 0.477 e.